The molecule has 0 fully saturated rings. The molecule has 0 saturated heterocycles. The molecule has 0 aliphatic heterocycles. The first-order chi connectivity index (χ1) is 10.6. The van der Waals surface area contributed by atoms with E-state index in [0.29, 0.717) is 11.4 Å². The Morgan fingerprint density at radius 3 is 2.48 bits per heavy atom. The lowest BCUT2D eigenvalue weighted by molar-refractivity contribution is 0.570. The van der Waals surface area contributed by atoms with Gasteiger partial charge in [-0.15, -0.1) is 0 Å². The van der Waals surface area contributed by atoms with E-state index in [1.54, 1.807) is 7.05 Å². The van der Waals surface area contributed by atoms with Crippen molar-refractivity contribution in [3.05, 3.63) is 47.2 Å². The van der Waals surface area contributed by atoms with E-state index in [9.17, 15) is 17.2 Å². The smallest absolute Gasteiger partial charge is 0.212 e. The van der Waals surface area contributed by atoms with Gasteiger partial charge in [-0.25, -0.2) is 22.3 Å². The summed E-state index contributed by atoms with van der Waals surface area (Å²) in [6.45, 7) is 1.33. The van der Waals surface area contributed by atoms with Crippen molar-refractivity contribution < 1.29 is 17.2 Å². The second-order valence-corrected chi connectivity index (χ2v) is 7.28. The van der Waals surface area contributed by atoms with Crippen molar-refractivity contribution in [1.29, 1.82) is 5.26 Å². The second-order valence-electron chi connectivity index (χ2n) is 5.30. The third kappa shape index (κ3) is 3.41. The van der Waals surface area contributed by atoms with Gasteiger partial charge in [0.1, 0.15) is 23.4 Å². The fourth-order valence-corrected chi connectivity index (χ4v) is 2.67. The van der Waals surface area contributed by atoms with Gasteiger partial charge in [-0.05, 0) is 43.2 Å². The lowest BCUT2D eigenvalue weighted by Crippen LogP contribution is -2.28. The first kappa shape index (κ1) is 17.1. The Labute approximate surface area is 133 Å². The third-order valence-electron chi connectivity index (χ3n) is 3.72. The highest BCUT2D eigenvalue weighted by molar-refractivity contribution is 7.89. The molecule has 0 saturated carbocycles. The van der Waals surface area contributed by atoms with Crippen LogP contribution in [0, 0.1) is 23.0 Å². The topological polar surface area (TPSA) is 88.9 Å². The minimum absolute atomic E-state index is 0.00138. The quantitative estimate of drug-likeness (QED) is 0.924. The Bertz CT molecular complexity index is 898. The van der Waals surface area contributed by atoms with Gasteiger partial charge in [-0.1, -0.05) is 0 Å². The molecule has 5 nitrogen and oxygen atoms in total. The molecule has 1 unspecified atom stereocenters. The number of primary sulfonamides is 1. The average molecular weight is 339 g/mol. The monoisotopic (exact) mass is 339 g/mol. The fraction of sp³-hybridized carbons (Fsp3) is 0.267. The van der Waals surface area contributed by atoms with Crippen LogP contribution in [-0.2, 0) is 23.5 Å². The van der Waals surface area contributed by atoms with Gasteiger partial charge in [0.2, 0.25) is 10.0 Å². The van der Waals surface area contributed by atoms with Crippen molar-refractivity contribution in [3.8, 4) is 17.3 Å². The van der Waals surface area contributed by atoms with Crippen LogP contribution in [0.15, 0.2) is 24.3 Å². The summed E-state index contributed by atoms with van der Waals surface area (Å²) in [6, 6.07) is 6.92. The van der Waals surface area contributed by atoms with Crippen molar-refractivity contribution in [2.24, 2.45) is 12.2 Å². The zero-order valence-electron chi connectivity index (χ0n) is 12.5. The summed E-state index contributed by atoms with van der Waals surface area (Å²) < 4.78 is 52.4. The Kier molecular flexibility index (Phi) is 4.54. The van der Waals surface area contributed by atoms with E-state index in [-0.39, 0.29) is 17.5 Å². The summed E-state index contributed by atoms with van der Waals surface area (Å²) in [5, 5.41) is 12.9. The Balaban J connectivity index is 2.45. The van der Waals surface area contributed by atoms with Crippen molar-refractivity contribution in [2.75, 3.05) is 0 Å². The summed E-state index contributed by atoms with van der Waals surface area (Å²) >= 11 is 0. The van der Waals surface area contributed by atoms with Crippen LogP contribution in [0.5, 0.6) is 0 Å². The van der Waals surface area contributed by atoms with Gasteiger partial charge < -0.3 is 4.57 Å². The Morgan fingerprint density at radius 2 is 1.96 bits per heavy atom. The number of hydrogen-bond donors (Lipinski definition) is 1. The van der Waals surface area contributed by atoms with Crippen LogP contribution in [0.4, 0.5) is 8.78 Å². The molecule has 0 spiro atoms. The predicted molar refractivity (Wildman–Crippen MR) is 81.8 cm³/mol. The van der Waals surface area contributed by atoms with E-state index in [2.05, 4.69) is 0 Å². The number of nitrogens with zero attached hydrogens (tertiary/aromatic N) is 2. The molecule has 122 valence electrons. The van der Waals surface area contributed by atoms with Gasteiger partial charge in [0.05, 0.1) is 10.9 Å². The molecule has 0 aliphatic rings. The maximum atomic E-state index is 14.3. The molecule has 2 rings (SSSR count). The van der Waals surface area contributed by atoms with Crippen LogP contribution in [0.2, 0.25) is 0 Å². The third-order valence-corrected chi connectivity index (χ3v) is 5.00. The van der Waals surface area contributed by atoms with Crippen LogP contribution in [0.1, 0.15) is 18.2 Å². The second kappa shape index (κ2) is 6.10. The molecule has 1 atom stereocenters. The maximum absolute atomic E-state index is 14.3. The number of benzene rings is 1. The van der Waals surface area contributed by atoms with Gasteiger partial charge >= 0.3 is 0 Å². The largest absolute Gasteiger partial charge is 0.335 e. The molecule has 0 aliphatic carbocycles. The number of aromatic nitrogens is 1. The van der Waals surface area contributed by atoms with Crippen LogP contribution >= 0.6 is 0 Å². The molecule has 0 bridgehead atoms. The summed E-state index contributed by atoms with van der Waals surface area (Å²) in [6.07, 6.45) is -0.224. The highest BCUT2D eigenvalue weighted by Crippen LogP contribution is 2.27. The molecular weight excluding hydrogens is 324 g/mol. The number of nitrogens with two attached hydrogens (primary N) is 1. The summed E-state index contributed by atoms with van der Waals surface area (Å²) in [7, 11) is -2.26. The van der Waals surface area contributed by atoms with E-state index in [1.165, 1.54) is 23.6 Å². The van der Waals surface area contributed by atoms with E-state index in [0.717, 1.165) is 12.1 Å². The molecule has 0 radical (unpaired) electrons. The molecule has 2 N–H and O–H groups in total. The van der Waals surface area contributed by atoms with Crippen LogP contribution in [0.3, 0.4) is 0 Å². The molecule has 0 amide bonds. The zero-order chi connectivity index (χ0) is 17.4. The SMILES string of the molecule is CC(Cc1cc(F)c(-c2ccc(C#N)n2C)cc1F)S(N)(=O)=O. The summed E-state index contributed by atoms with van der Waals surface area (Å²) in [4.78, 5) is 0. The molecule has 8 heteroatoms. The number of halogens is 2. The molecule has 1 aromatic heterocycles. The first-order valence-electron chi connectivity index (χ1n) is 6.71. The molecule has 23 heavy (non-hydrogen) atoms. The predicted octanol–water partition coefficient (Wildman–Crippen LogP) is 2.06. The van der Waals surface area contributed by atoms with E-state index in [1.807, 2.05) is 6.07 Å². The average Bonchev–Trinajstić information content (AvgIpc) is 2.82. The fourth-order valence-electron chi connectivity index (χ4n) is 2.26. The molecule has 1 heterocycles. The van der Waals surface area contributed by atoms with E-state index < -0.39 is 26.9 Å². The Morgan fingerprint density at radius 1 is 1.30 bits per heavy atom. The highest BCUT2D eigenvalue weighted by atomic mass is 32.2. The molecule has 1 aromatic carbocycles. The summed E-state index contributed by atoms with van der Waals surface area (Å²) in [5.74, 6) is -1.43. The van der Waals surface area contributed by atoms with Crippen LogP contribution in [-0.4, -0.2) is 18.2 Å². The first-order valence-corrected chi connectivity index (χ1v) is 8.31. The molecular formula is C15H15F2N3O2S. The van der Waals surface area contributed by atoms with Gasteiger partial charge in [0, 0.05) is 12.6 Å². The number of sulfonamides is 1. The van der Waals surface area contributed by atoms with E-state index >= 15 is 0 Å². The summed E-state index contributed by atoms with van der Waals surface area (Å²) in [5.41, 5.74) is 0.594. The van der Waals surface area contributed by atoms with Crippen molar-refractivity contribution in [1.82, 2.24) is 4.57 Å². The van der Waals surface area contributed by atoms with Gasteiger partial charge in [0.25, 0.3) is 0 Å². The van der Waals surface area contributed by atoms with Crippen molar-refractivity contribution in [3.63, 3.8) is 0 Å². The zero-order valence-corrected chi connectivity index (χ0v) is 13.4. The standard InChI is InChI=1S/C15H15F2N3O2S/c1-9(23(19,21)22)5-10-6-14(17)12(7-13(10)16)15-4-3-11(8-18)20(15)2/h3-4,6-7,9H,5H2,1-2H3,(H2,19,21,22). The van der Waals surface area contributed by atoms with Gasteiger partial charge in [-0.3, -0.25) is 0 Å². The van der Waals surface area contributed by atoms with Crippen molar-refractivity contribution >= 4 is 10.0 Å². The van der Waals surface area contributed by atoms with Gasteiger partial charge in [0.15, 0.2) is 0 Å². The van der Waals surface area contributed by atoms with Crippen LogP contribution in [0.25, 0.3) is 11.3 Å². The maximum Gasteiger partial charge on any atom is 0.212 e. The van der Waals surface area contributed by atoms with Gasteiger partial charge in [-0.2, -0.15) is 5.26 Å². The van der Waals surface area contributed by atoms with E-state index in [4.69, 9.17) is 10.4 Å². The normalized spacial score (nSPS) is 12.9. The number of hydrogen-bond acceptors (Lipinski definition) is 3. The number of rotatable bonds is 4. The highest BCUT2D eigenvalue weighted by Gasteiger charge is 2.21. The number of nitriles is 1. The molecule has 2 aromatic rings. The van der Waals surface area contributed by atoms with Crippen LogP contribution < -0.4 is 5.14 Å². The minimum Gasteiger partial charge on any atom is -0.335 e. The van der Waals surface area contributed by atoms with Crippen molar-refractivity contribution in [2.45, 2.75) is 18.6 Å². The Hall–Kier alpha value is -2.24. The minimum atomic E-state index is -3.83. The lowest BCUT2D eigenvalue weighted by atomic mass is 10.0. The lowest BCUT2D eigenvalue weighted by Gasteiger charge is -2.12.